The number of carbonyl (C=O) groups is 1. The summed E-state index contributed by atoms with van der Waals surface area (Å²) in [7, 11) is 1.55. The zero-order valence-electron chi connectivity index (χ0n) is 19.2. The van der Waals surface area contributed by atoms with Crippen LogP contribution in [0, 0.1) is 11.7 Å². The van der Waals surface area contributed by atoms with Crippen molar-refractivity contribution in [2.24, 2.45) is 13.0 Å². The molecule has 3 heterocycles. The third-order valence-corrected chi connectivity index (χ3v) is 5.96. The number of aryl methyl sites for hydroxylation is 1. The van der Waals surface area contributed by atoms with Gasteiger partial charge in [-0.2, -0.15) is 18.3 Å². The minimum Gasteiger partial charge on any atom is -0.352 e. The van der Waals surface area contributed by atoms with Crippen molar-refractivity contribution in [1.82, 2.24) is 24.6 Å². The van der Waals surface area contributed by atoms with Crippen molar-refractivity contribution in [2.45, 2.75) is 31.5 Å². The van der Waals surface area contributed by atoms with Gasteiger partial charge in [0.2, 0.25) is 5.95 Å². The third-order valence-electron chi connectivity index (χ3n) is 5.96. The van der Waals surface area contributed by atoms with Crippen LogP contribution in [0.4, 0.5) is 32.3 Å². The summed E-state index contributed by atoms with van der Waals surface area (Å²) in [6.45, 7) is 0.589. The quantitative estimate of drug-likeness (QED) is 0.505. The predicted molar refractivity (Wildman–Crippen MR) is 118 cm³/mol. The van der Waals surface area contributed by atoms with E-state index in [1.165, 1.54) is 29.1 Å². The highest BCUT2D eigenvalue weighted by atomic mass is 19.4. The Balaban J connectivity index is 1.61. The van der Waals surface area contributed by atoms with Gasteiger partial charge in [-0.15, -0.1) is 0 Å². The van der Waals surface area contributed by atoms with Gasteiger partial charge in [0.25, 0.3) is 11.8 Å². The number of carbonyl (C=O) groups excluding carboxylic acids is 1. The van der Waals surface area contributed by atoms with Crippen LogP contribution in [0.3, 0.4) is 0 Å². The monoisotopic (exact) mass is 512 g/mol. The van der Waals surface area contributed by atoms with Crippen molar-refractivity contribution in [3.05, 3.63) is 59.9 Å². The number of halogens is 6. The maximum absolute atomic E-state index is 14.5. The average Bonchev–Trinajstić information content (AvgIpc) is 3.18. The molecule has 2 aromatic heterocycles. The fraction of sp³-hybridized carbons (Fsp3) is 0.391. The molecule has 0 saturated carbocycles. The number of hydrogen-bond donors (Lipinski definition) is 1. The molecule has 7 nitrogen and oxygen atoms in total. The second-order valence-electron chi connectivity index (χ2n) is 8.79. The minimum atomic E-state index is -4.60. The van der Waals surface area contributed by atoms with Crippen molar-refractivity contribution in [3.8, 4) is 11.1 Å². The summed E-state index contributed by atoms with van der Waals surface area (Å²) in [5.74, 6) is -5.29. The van der Waals surface area contributed by atoms with Gasteiger partial charge in [0, 0.05) is 44.2 Å². The molecule has 1 unspecified atom stereocenters. The van der Waals surface area contributed by atoms with Crippen molar-refractivity contribution < 1.29 is 31.1 Å². The van der Waals surface area contributed by atoms with Crippen LogP contribution in [-0.2, 0) is 13.2 Å². The Hall–Kier alpha value is -3.64. The van der Waals surface area contributed by atoms with Crippen LogP contribution < -0.4 is 5.32 Å². The van der Waals surface area contributed by atoms with E-state index in [9.17, 15) is 31.1 Å². The van der Waals surface area contributed by atoms with Crippen molar-refractivity contribution in [1.29, 1.82) is 0 Å². The molecule has 3 aromatic rings. The maximum atomic E-state index is 14.5. The molecule has 1 aromatic carbocycles. The molecule has 2 atom stereocenters. The van der Waals surface area contributed by atoms with Crippen molar-refractivity contribution in [3.63, 3.8) is 0 Å². The summed E-state index contributed by atoms with van der Waals surface area (Å²) in [5.41, 5.74) is -0.517. The van der Waals surface area contributed by atoms with Gasteiger partial charge in [-0.1, -0.05) is 19.1 Å². The SMILES string of the molecule is C[C@@H]1CC(F)(F)CN(C(=O)c2nn(C)cc2-c2cccc(F)c2)C1CNc1ncc(C(F)(F)F)cn1. The van der Waals surface area contributed by atoms with Gasteiger partial charge in [-0.25, -0.2) is 23.1 Å². The first-order valence-electron chi connectivity index (χ1n) is 11.0. The molecule has 0 aliphatic carbocycles. The van der Waals surface area contributed by atoms with E-state index in [0.717, 1.165) is 4.90 Å². The third kappa shape index (κ3) is 5.44. The molecule has 1 fully saturated rings. The number of nitrogens with zero attached hydrogens (tertiary/aromatic N) is 5. The second-order valence-corrected chi connectivity index (χ2v) is 8.79. The number of hydrogen-bond acceptors (Lipinski definition) is 5. The lowest BCUT2D eigenvalue weighted by atomic mass is 9.88. The van der Waals surface area contributed by atoms with Crippen LogP contribution in [0.1, 0.15) is 29.4 Å². The largest absolute Gasteiger partial charge is 0.419 e. The number of aromatic nitrogens is 4. The predicted octanol–water partition coefficient (Wildman–Crippen LogP) is 4.63. The Kier molecular flexibility index (Phi) is 6.67. The topological polar surface area (TPSA) is 75.9 Å². The standard InChI is InChI=1S/C23H22F6N6O/c1-13-7-22(25,26)12-35(18(13)10-32-21-30-8-15(9-31-21)23(27,28)29)20(36)19-17(11-34(2)33-19)14-4-3-5-16(24)6-14/h3-6,8-9,11,13,18H,7,10,12H2,1-2H3,(H,30,31,32)/t13-,18?/m1/s1. The van der Waals surface area contributed by atoms with Crippen LogP contribution in [0.2, 0.25) is 0 Å². The van der Waals surface area contributed by atoms with E-state index in [4.69, 9.17) is 0 Å². The van der Waals surface area contributed by atoms with E-state index in [1.54, 1.807) is 20.0 Å². The first-order chi connectivity index (χ1) is 16.8. The number of nitrogens with one attached hydrogen (secondary N) is 1. The molecule has 0 radical (unpaired) electrons. The van der Waals surface area contributed by atoms with Gasteiger partial charge in [0.15, 0.2) is 5.69 Å². The number of alkyl halides is 5. The molecule has 13 heteroatoms. The summed E-state index contributed by atoms with van der Waals surface area (Å²) >= 11 is 0. The van der Waals surface area contributed by atoms with Crippen molar-refractivity contribution in [2.75, 3.05) is 18.4 Å². The molecule has 0 bridgehead atoms. The lowest BCUT2D eigenvalue weighted by molar-refractivity contribution is -0.138. The molecular formula is C23H22F6N6O. The molecule has 4 rings (SSSR count). The molecule has 36 heavy (non-hydrogen) atoms. The maximum Gasteiger partial charge on any atom is 0.419 e. The van der Waals surface area contributed by atoms with E-state index in [1.807, 2.05) is 0 Å². The molecular weight excluding hydrogens is 490 g/mol. The molecule has 1 aliphatic heterocycles. The lowest BCUT2D eigenvalue weighted by Crippen LogP contribution is -2.57. The summed E-state index contributed by atoms with van der Waals surface area (Å²) in [5, 5.41) is 6.90. The molecule has 1 aliphatic rings. The number of benzene rings is 1. The first kappa shape index (κ1) is 25.5. The molecule has 1 N–H and O–H groups in total. The molecule has 1 saturated heterocycles. The van der Waals surface area contributed by atoms with E-state index < -0.39 is 54.3 Å². The van der Waals surface area contributed by atoms with Crippen LogP contribution in [0.5, 0.6) is 0 Å². The summed E-state index contributed by atoms with van der Waals surface area (Å²) in [4.78, 5) is 21.8. The zero-order chi connectivity index (χ0) is 26.3. The average molecular weight is 512 g/mol. The van der Waals surface area contributed by atoms with E-state index in [-0.39, 0.29) is 23.8 Å². The highest BCUT2D eigenvalue weighted by molar-refractivity contribution is 5.99. The van der Waals surface area contributed by atoms with E-state index in [2.05, 4.69) is 20.4 Å². The fourth-order valence-corrected chi connectivity index (χ4v) is 4.29. The Labute approximate surface area is 202 Å². The number of rotatable bonds is 5. The Bertz CT molecular complexity index is 1240. The number of likely N-dealkylation sites (tertiary alicyclic amines) is 1. The Morgan fingerprint density at radius 1 is 1.22 bits per heavy atom. The molecule has 192 valence electrons. The number of amides is 1. The summed E-state index contributed by atoms with van der Waals surface area (Å²) < 4.78 is 82.5. The first-order valence-corrected chi connectivity index (χ1v) is 11.0. The normalized spacial score (nSPS) is 19.8. The van der Waals surface area contributed by atoms with Gasteiger partial charge in [-0.3, -0.25) is 9.48 Å². The summed E-state index contributed by atoms with van der Waals surface area (Å²) in [6.07, 6.45) is -2.38. The van der Waals surface area contributed by atoms with Crippen LogP contribution in [0.25, 0.3) is 11.1 Å². The number of piperidine rings is 1. The summed E-state index contributed by atoms with van der Waals surface area (Å²) in [6, 6.07) is 4.71. The number of anilines is 1. The zero-order valence-corrected chi connectivity index (χ0v) is 19.2. The Morgan fingerprint density at radius 3 is 2.56 bits per heavy atom. The van der Waals surface area contributed by atoms with E-state index >= 15 is 0 Å². The van der Waals surface area contributed by atoms with Gasteiger partial charge < -0.3 is 10.2 Å². The van der Waals surface area contributed by atoms with Gasteiger partial charge in [0.05, 0.1) is 18.2 Å². The minimum absolute atomic E-state index is 0.0868. The van der Waals surface area contributed by atoms with Gasteiger partial charge in [0.1, 0.15) is 5.82 Å². The second kappa shape index (κ2) is 9.43. The lowest BCUT2D eigenvalue weighted by Gasteiger charge is -2.43. The Morgan fingerprint density at radius 2 is 1.92 bits per heavy atom. The fourth-order valence-electron chi connectivity index (χ4n) is 4.29. The highest BCUT2D eigenvalue weighted by Gasteiger charge is 2.47. The highest BCUT2D eigenvalue weighted by Crippen LogP contribution is 2.36. The van der Waals surface area contributed by atoms with E-state index in [0.29, 0.717) is 18.0 Å². The van der Waals surface area contributed by atoms with Gasteiger partial charge >= 0.3 is 6.18 Å². The van der Waals surface area contributed by atoms with Crippen LogP contribution >= 0.6 is 0 Å². The molecule has 1 amide bonds. The van der Waals surface area contributed by atoms with Crippen LogP contribution in [-0.4, -0.2) is 55.6 Å². The van der Waals surface area contributed by atoms with Crippen LogP contribution in [0.15, 0.2) is 42.9 Å². The van der Waals surface area contributed by atoms with Crippen molar-refractivity contribution >= 4 is 11.9 Å². The smallest absolute Gasteiger partial charge is 0.352 e. The molecule has 0 spiro atoms. The van der Waals surface area contributed by atoms with Gasteiger partial charge in [-0.05, 0) is 23.6 Å².